The first-order valence-electron chi connectivity index (χ1n) is 5.53. The van der Waals surface area contributed by atoms with Gasteiger partial charge in [0.25, 0.3) is 5.91 Å². The van der Waals surface area contributed by atoms with Gasteiger partial charge in [0.1, 0.15) is 5.69 Å². The zero-order valence-electron chi connectivity index (χ0n) is 9.32. The molecule has 1 aliphatic heterocycles. The van der Waals surface area contributed by atoms with Gasteiger partial charge in [-0.3, -0.25) is 9.78 Å². The molecule has 0 aliphatic carbocycles. The topological polar surface area (TPSA) is 33.2 Å². The highest BCUT2D eigenvalue weighted by Crippen LogP contribution is 2.19. The largest absolute Gasteiger partial charge is 0.336 e. The van der Waals surface area contributed by atoms with E-state index in [1.54, 1.807) is 6.20 Å². The maximum atomic E-state index is 12.2. The van der Waals surface area contributed by atoms with Crippen LogP contribution in [0.3, 0.4) is 0 Å². The molecule has 2 rings (SSSR count). The van der Waals surface area contributed by atoms with Crippen LogP contribution in [0.2, 0.25) is 0 Å². The van der Waals surface area contributed by atoms with Crippen molar-refractivity contribution in [3.05, 3.63) is 29.6 Å². The second-order valence-electron chi connectivity index (χ2n) is 4.16. The molecule has 3 nitrogen and oxygen atoms in total. The summed E-state index contributed by atoms with van der Waals surface area (Å²) in [5.74, 6) is 0.0576. The smallest absolute Gasteiger partial charge is 0.272 e. The fourth-order valence-corrected chi connectivity index (χ4v) is 2.64. The standard InChI is InChI=1S/C12H15BrN2O/c1-9-4-2-6-14-11(9)12(16)15-7-3-5-10(13)8-15/h2,4,6,10H,3,5,7-8H2,1H3. The van der Waals surface area contributed by atoms with E-state index in [-0.39, 0.29) is 5.91 Å². The van der Waals surface area contributed by atoms with Crippen molar-refractivity contribution in [2.45, 2.75) is 24.6 Å². The molecule has 0 aromatic carbocycles. The number of piperidine rings is 1. The SMILES string of the molecule is Cc1cccnc1C(=O)N1CCCC(Br)C1. The number of carbonyl (C=O) groups excluding carboxylic acids is 1. The van der Waals surface area contributed by atoms with Gasteiger partial charge in [0.15, 0.2) is 0 Å². The Morgan fingerprint density at radius 3 is 3.12 bits per heavy atom. The number of likely N-dealkylation sites (tertiary alicyclic amines) is 1. The van der Waals surface area contributed by atoms with E-state index >= 15 is 0 Å². The van der Waals surface area contributed by atoms with E-state index in [0.717, 1.165) is 31.5 Å². The Morgan fingerprint density at radius 1 is 1.62 bits per heavy atom. The highest BCUT2D eigenvalue weighted by molar-refractivity contribution is 9.09. The van der Waals surface area contributed by atoms with Crippen LogP contribution in [0.15, 0.2) is 18.3 Å². The second-order valence-corrected chi connectivity index (χ2v) is 5.45. The van der Waals surface area contributed by atoms with Gasteiger partial charge in [-0.15, -0.1) is 0 Å². The molecule has 0 radical (unpaired) electrons. The van der Waals surface area contributed by atoms with Crippen molar-refractivity contribution < 1.29 is 4.79 Å². The Morgan fingerprint density at radius 2 is 2.44 bits per heavy atom. The van der Waals surface area contributed by atoms with Gasteiger partial charge in [-0.1, -0.05) is 22.0 Å². The molecule has 0 spiro atoms. The van der Waals surface area contributed by atoms with Crippen LogP contribution in [0.5, 0.6) is 0 Å². The number of alkyl halides is 1. The molecule has 86 valence electrons. The molecule has 1 aliphatic rings. The van der Waals surface area contributed by atoms with Gasteiger partial charge in [-0.05, 0) is 31.4 Å². The minimum atomic E-state index is 0.0576. The predicted octanol–water partition coefficient (Wildman–Crippen LogP) is 2.39. The Hall–Kier alpha value is -0.900. The lowest BCUT2D eigenvalue weighted by Gasteiger charge is -2.30. The van der Waals surface area contributed by atoms with Crippen LogP contribution in [0, 0.1) is 6.92 Å². The van der Waals surface area contributed by atoms with E-state index in [9.17, 15) is 4.79 Å². The van der Waals surface area contributed by atoms with Crippen molar-refractivity contribution in [2.24, 2.45) is 0 Å². The molecular formula is C12H15BrN2O. The first-order chi connectivity index (χ1) is 7.68. The third-order valence-corrected chi connectivity index (χ3v) is 3.61. The van der Waals surface area contributed by atoms with E-state index in [1.165, 1.54) is 0 Å². The van der Waals surface area contributed by atoms with Crippen LogP contribution >= 0.6 is 15.9 Å². The number of nitrogens with zero attached hydrogens (tertiary/aromatic N) is 2. The molecule has 16 heavy (non-hydrogen) atoms. The fourth-order valence-electron chi connectivity index (χ4n) is 1.97. The van der Waals surface area contributed by atoms with Crippen molar-refractivity contribution in [3.8, 4) is 0 Å². The predicted molar refractivity (Wildman–Crippen MR) is 66.8 cm³/mol. The summed E-state index contributed by atoms with van der Waals surface area (Å²) in [6, 6.07) is 3.78. The van der Waals surface area contributed by atoms with Crippen molar-refractivity contribution in [2.75, 3.05) is 13.1 Å². The number of hydrogen-bond acceptors (Lipinski definition) is 2. The number of amides is 1. The summed E-state index contributed by atoms with van der Waals surface area (Å²) >= 11 is 3.57. The number of aryl methyl sites for hydroxylation is 1. The quantitative estimate of drug-likeness (QED) is 0.741. The summed E-state index contributed by atoms with van der Waals surface area (Å²) < 4.78 is 0. The van der Waals surface area contributed by atoms with E-state index in [2.05, 4.69) is 20.9 Å². The van der Waals surface area contributed by atoms with Gasteiger partial charge >= 0.3 is 0 Å². The number of pyridine rings is 1. The van der Waals surface area contributed by atoms with Gasteiger partial charge in [0, 0.05) is 24.1 Å². The van der Waals surface area contributed by atoms with Crippen LogP contribution in [-0.4, -0.2) is 33.7 Å². The number of hydrogen-bond donors (Lipinski definition) is 0. The van der Waals surface area contributed by atoms with E-state index in [1.807, 2.05) is 24.0 Å². The van der Waals surface area contributed by atoms with Crippen LogP contribution in [0.1, 0.15) is 28.9 Å². The maximum absolute atomic E-state index is 12.2. The molecule has 0 bridgehead atoms. The summed E-state index contributed by atoms with van der Waals surface area (Å²) in [5, 5.41) is 0. The molecule has 1 amide bonds. The molecule has 2 heterocycles. The Balaban J connectivity index is 2.16. The summed E-state index contributed by atoms with van der Waals surface area (Å²) in [6.07, 6.45) is 3.88. The van der Waals surface area contributed by atoms with E-state index in [0.29, 0.717) is 10.5 Å². The van der Waals surface area contributed by atoms with Gasteiger partial charge < -0.3 is 4.90 Å². The zero-order valence-corrected chi connectivity index (χ0v) is 10.9. The fraction of sp³-hybridized carbons (Fsp3) is 0.500. The van der Waals surface area contributed by atoms with Crippen molar-refractivity contribution in [1.82, 2.24) is 9.88 Å². The van der Waals surface area contributed by atoms with Gasteiger partial charge in [-0.25, -0.2) is 0 Å². The van der Waals surface area contributed by atoms with Crippen LogP contribution in [-0.2, 0) is 0 Å². The van der Waals surface area contributed by atoms with Gasteiger partial charge in [0.2, 0.25) is 0 Å². The Labute approximate surface area is 104 Å². The monoisotopic (exact) mass is 282 g/mol. The molecule has 4 heteroatoms. The average Bonchev–Trinajstić information content (AvgIpc) is 2.29. The first kappa shape index (κ1) is 11.6. The molecule has 1 unspecified atom stereocenters. The van der Waals surface area contributed by atoms with E-state index < -0.39 is 0 Å². The van der Waals surface area contributed by atoms with Crippen LogP contribution in [0.25, 0.3) is 0 Å². The van der Waals surface area contributed by atoms with Gasteiger partial charge in [0.05, 0.1) is 0 Å². The van der Waals surface area contributed by atoms with Crippen LogP contribution in [0.4, 0.5) is 0 Å². The normalized spacial score (nSPS) is 20.9. The Kier molecular flexibility index (Phi) is 3.59. The molecule has 1 fully saturated rings. The Bertz CT molecular complexity index is 394. The highest BCUT2D eigenvalue weighted by Gasteiger charge is 2.24. The lowest BCUT2D eigenvalue weighted by molar-refractivity contribution is 0.0723. The summed E-state index contributed by atoms with van der Waals surface area (Å²) in [6.45, 7) is 3.56. The lowest BCUT2D eigenvalue weighted by Crippen LogP contribution is -2.40. The minimum absolute atomic E-state index is 0.0576. The molecule has 1 aromatic rings. The highest BCUT2D eigenvalue weighted by atomic mass is 79.9. The molecule has 1 saturated heterocycles. The maximum Gasteiger partial charge on any atom is 0.272 e. The third-order valence-electron chi connectivity index (χ3n) is 2.86. The van der Waals surface area contributed by atoms with Crippen LogP contribution < -0.4 is 0 Å². The van der Waals surface area contributed by atoms with Crippen molar-refractivity contribution >= 4 is 21.8 Å². The molecular weight excluding hydrogens is 268 g/mol. The summed E-state index contributed by atoms with van der Waals surface area (Å²) in [4.78, 5) is 18.7. The summed E-state index contributed by atoms with van der Waals surface area (Å²) in [5.41, 5.74) is 1.54. The zero-order chi connectivity index (χ0) is 11.5. The third kappa shape index (κ3) is 2.43. The number of halogens is 1. The van der Waals surface area contributed by atoms with Crippen molar-refractivity contribution in [1.29, 1.82) is 0 Å². The average molecular weight is 283 g/mol. The molecule has 1 aromatic heterocycles. The minimum Gasteiger partial charge on any atom is -0.336 e. The van der Waals surface area contributed by atoms with Crippen molar-refractivity contribution in [3.63, 3.8) is 0 Å². The molecule has 0 N–H and O–H groups in total. The lowest BCUT2D eigenvalue weighted by atomic mass is 10.1. The number of carbonyl (C=O) groups is 1. The second kappa shape index (κ2) is 4.95. The van der Waals surface area contributed by atoms with E-state index in [4.69, 9.17) is 0 Å². The molecule has 1 atom stereocenters. The number of rotatable bonds is 1. The number of aromatic nitrogens is 1. The first-order valence-corrected chi connectivity index (χ1v) is 6.45. The van der Waals surface area contributed by atoms with Gasteiger partial charge in [-0.2, -0.15) is 0 Å². The summed E-state index contributed by atoms with van der Waals surface area (Å²) in [7, 11) is 0. The molecule has 0 saturated carbocycles.